The first-order valence-corrected chi connectivity index (χ1v) is 10.6. The highest BCUT2D eigenvalue weighted by Gasteiger charge is 2.15. The van der Waals surface area contributed by atoms with Gasteiger partial charge in [-0.05, 0) is 31.3 Å². The zero-order chi connectivity index (χ0) is 21.5. The number of nitrogens with zero attached hydrogens (tertiary/aromatic N) is 3. The first-order chi connectivity index (χ1) is 14.5. The summed E-state index contributed by atoms with van der Waals surface area (Å²) in [5.41, 5.74) is 1.34. The van der Waals surface area contributed by atoms with Gasteiger partial charge < -0.3 is 10.6 Å². The van der Waals surface area contributed by atoms with E-state index in [1.165, 1.54) is 11.3 Å². The second-order valence-corrected chi connectivity index (χ2v) is 7.90. The Bertz CT molecular complexity index is 1090. The highest BCUT2D eigenvalue weighted by Crippen LogP contribution is 2.18. The van der Waals surface area contributed by atoms with Crippen molar-refractivity contribution in [2.75, 3.05) is 5.32 Å². The SMILES string of the molecule is C=CCn1c(Cc2csc(NC(=O)CC(C)NC(=O)c3ccccc3)n2)n[nH]c1=S. The van der Waals surface area contributed by atoms with Gasteiger partial charge in [-0.2, -0.15) is 5.10 Å². The van der Waals surface area contributed by atoms with Gasteiger partial charge >= 0.3 is 0 Å². The number of aromatic amines is 1. The van der Waals surface area contributed by atoms with Gasteiger partial charge in [0.1, 0.15) is 5.82 Å². The Morgan fingerprint density at radius 3 is 2.87 bits per heavy atom. The summed E-state index contributed by atoms with van der Waals surface area (Å²) in [5, 5.41) is 15.0. The highest BCUT2D eigenvalue weighted by atomic mass is 32.1. The summed E-state index contributed by atoms with van der Waals surface area (Å²) in [7, 11) is 0. The van der Waals surface area contributed by atoms with Crippen LogP contribution in [0.2, 0.25) is 0 Å². The van der Waals surface area contributed by atoms with Crippen molar-refractivity contribution in [3.63, 3.8) is 0 Å². The zero-order valence-electron chi connectivity index (χ0n) is 16.4. The molecule has 30 heavy (non-hydrogen) atoms. The minimum atomic E-state index is -0.315. The molecule has 0 spiro atoms. The maximum Gasteiger partial charge on any atom is 0.251 e. The third-order valence-electron chi connectivity index (χ3n) is 4.19. The van der Waals surface area contributed by atoms with E-state index in [1.54, 1.807) is 37.3 Å². The molecule has 0 saturated carbocycles. The van der Waals surface area contributed by atoms with Crippen molar-refractivity contribution in [1.29, 1.82) is 0 Å². The van der Waals surface area contributed by atoms with Crippen molar-refractivity contribution >= 4 is 40.5 Å². The van der Waals surface area contributed by atoms with Crippen LogP contribution in [0.4, 0.5) is 5.13 Å². The Kier molecular flexibility index (Phi) is 7.26. The molecule has 0 fully saturated rings. The van der Waals surface area contributed by atoms with E-state index in [1.807, 2.05) is 16.0 Å². The van der Waals surface area contributed by atoms with Crippen LogP contribution in [0.15, 0.2) is 48.4 Å². The number of hydrogen-bond acceptors (Lipinski definition) is 6. The van der Waals surface area contributed by atoms with Gasteiger partial charge in [-0.3, -0.25) is 19.3 Å². The molecule has 3 rings (SSSR count). The summed E-state index contributed by atoms with van der Waals surface area (Å²) in [6.07, 6.45) is 2.38. The molecule has 2 aromatic heterocycles. The summed E-state index contributed by atoms with van der Waals surface area (Å²) >= 11 is 6.55. The van der Waals surface area contributed by atoms with Crippen molar-refractivity contribution in [2.24, 2.45) is 0 Å². The molecule has 0 saturated heterocycles. The largest absolute Gasteiger partial charge is 0.349 e. The van der Waals surface area contributed by atoms with Gasteiger partial charge in [0.05, 0.1) is 12.1 Å². The molecule has 0 aliphatic rings. The van der Waals surface area contributed by atoms with Crippen molar-refractivity contribution in [3.8, 4) is 0 Å². The number of rotatable bonds is 9. The van der Waals surface area contributed by atoms with Crippen molar-refractivity contribution in [2.45, 2.75) is 32.4 Å². The number of carbonyl (C=O) groups is 2. The first kappa shape index (κ1) is 21.6. The van der Waals surface area contributed by atoms with Crippen LogP contribution in [0.3, 0.4) is 0 Å². The number of amides is 2. The smallest absolute Gasteiger partial charge is 0.251 e. The van der Waals surface area contributed by atoms with Crippen LogP contribution in [0.5, 0.6) is 0 Å². The Hall–Kier alpha value is -3.11. The minimum absolute atomic E-state index is 0.144. The number of H-pyrrole nitrogens is 1. The maximum atomic E-state index is 12.3. The average Bonchev–Trinajstić information content (AvgIpc) is 3.30. The summed E-state index contributed by atoms with van der Waals surface area (Å²) in [6.45, 7) is 6.07. The molecule has 0 aliphatic heterocycles. The predicted octanol–water partition coefficient (Wildman–Crippen LogP) is 3.32. The molecule has 156 valence electrons. The first-order valence-electron chi connectivity index (χ1n) is 9.31. The number of aromatic nitrogens is 4. The Balaban J connectivity index is 1.53. The molecule has 2 amide bonds. The molecule has 2 heterocycles. The van der Waals surface area contributed by atoms with E-state index in [0.29, 0.717) is 28.4 Å². The topological polar surface area (TPSA) is 105 Å². The Morgan fingerprint density at radius 1 is 1.37 bits per heavy atom. The van der Waals surface area contributed by atoms with Gasteiger partial charge in [0.2, 0.25) is 5.91 Å². The number of thiazole rings is 1. The lowest BCUT2D eigenvalue weighted by molar-refractivity contribution is -0.116. The zero-order valence-corrected chi connectivity index (χ0v) is 18.1. The number of hydrogen-bond donors (Lipinski definition) is 3. The Morgan fingerprint density at radius 2 is 2.13 bits per heavy atom. The molecular weight excluding hydrogens is 420 g/mol. The number of anilines is 1. The summed E-state index contributed by atoms with van der Waals surface area (Å²) in [5.74, 6) is 0.326. The van der Waals surface area contributed by atoms with Crippen LogP contribution >= 0.6 is 23.6 Å². The molecule has 8 nitrogen and oxygen atoms in total. The van der Waals surface area contributed by atoms with Crippen LogP contribution in [0.25, 0.3) is 0 Å². The van der Waals surface area contributed by atoms with E-state index in [4.69, 9.17) is 12.2 Å². The molecular formula is C20H22N6O2S2. The quantitative estimate of drug-likeness (QED) is 0.348. The van der Waals surface area contributed by atoms with Gasteiger partial charge in [0, 0.05) is 30.0 Å². The molecule has 3 N–H and O–H groups in total. The van der Waals surface area contributed by atoms with E-state index in [-0.39, 0.29) is 24.3 Å². The number of nitrogens with one attached hydrogen (secondary N) is 3. The third-order valence-corrected chi connectivity index (χ3v) is 5.31. The maximum absolute atomic E-state index is 12.3. The van der Waals surface area contributed by atoms with Crippen molar-refractivity contribution < 1.29 is 9.59 Å². The standard InChI is InChI=1S/C20H22N6O2S2/c1-3-9-26-16(24-25-20(26)29)11-15-12-30-19(22-15)23-17(27)10-13(2)21-18(28)14-7-5-4-6-8-14/h3-8,12-13H,1,9-11H2,2H3,(H,21,28)(H,25,29)(H,22,23,27). The van der Waals surface area contributed by atoms with Crippen LogP contribution in [0.1, 0.15) is 35.2 Å². The molecule has 1 aromatic carbocycles. The molecule has 3 aromatic rings. The lowest BCUT2D eigenvalue weighted by atomic mass is 10.1. The van der Waals surface area contributed by atoms with Crippen LogP contribution in [-0.2, 0) is 17.8 Å². The molecule has 0 radical (unpaired) electrons. The van der Waals surface area contributed by atoms with Crippen LogP contribution in [0, 0.1) is 4.77 Å². The van der Waals surface area contributed by atoms with Crippen molar-refractivity contribution in [3.05, 3.63) is 70.2 Å². The second-order valence-electron chi connectivity index (χ2n) is 6.66. The fourth-order valence-corrected chi connectivity index (χ4v) is 3.76. The monoisotopic (exact) mass is 442 g/mol. The fourth-order valence-electron chi connectivity index (χ4n) is 2.81. The normalized spacial score (nSPS) is 11.6. The minimum Gasteiger partial charge on any atom is -0.349 e. The molecule has 0 aliphatic carbocycles. The molecule has 1 unspecified atom stereocenters. The predicted molar refractivity (Wildman–Crippen MR) is 119 cm³/mol. The van der Waals surface area contributed by atoms with E-state index in [2.05, 4.69) is 32.4 Å². The number of carbonyl (C=O) groups excluding carboxylic acids is 2. The molecule has 1 atom stereocenters. The molecule has 0 bridgehead atoms. The van der Waals surface area contributed by atoms with Gasteiger partial charge in [-0.15, -0.1) is 17.9 Å². The second kappa shape index (κ2) is 10.1. The van der Waals surface area contributed by atoms with E-state index < -0.39 is 0 Å². The fraction of sp³-hybridized carbons (Fsp3) is 0.250. The van der Waals surface area contributed by atoms with Gasteiger partial charge in [0.15, 0.2) is 9.90 Å². The van der Waals surface area contributed by atoms with Crippen LogP contribution in [-0.4, -0.2) is 37.6 Å². The number of allylic oxidation sites excluding steroid dienone is 1. The highest BCUT2D eigenvalue weighted by molar-refractivity contribution is 7.71. The lowest BCUT2D eigenvalue weighted by Crippen LogP contribution is -2.35. The van der Waals surface area contributed by atoms with Gasteiger partial charge in [-0.25, -0.2) is 4.98 Å². The lowest BCUT2D eigenvalue weighted by Gasteiger charge is -2.13. The van der Waals surface area contributed by atoms with E-state index in [0.717, 1.165) is 11.5 Å². The van der Waals surface area contributed by atoms with Gasteiger partial charge in [-0.1, -0.05) is 24.3 Å². The molecule has 10 heteroatoms. The summed E-state index contributed by atoms with van der Waals surface area (Å²) in [6, 6.07) is 8.58. The summed E-state index contributed by atoms with van der Waals surface area (Å²) < 4.78 is 2.37. The van der Waals surface area contributed by atoms with Crippen LogP contribution < -0.4 is 10.6 Å². The average molecular weight is 443 g/mol. The van der Waals surface area contributed by atoms with Gasteiger partial charge in [0.25, 0.3) is 5.91 Å². The van der Waals surface area contributed by atoms with E-state index >= 15 is 0 Å². The van der Waals surface area contributed by atoms with E-state index in [9.17, 15) is 9.59 Å². The summed E-state index contributed by atoms with van der Waals surface area (Å²) in [4.78, 5) is 28.9. The number of benzene rings is 1. The third kappa shape index (κ3) is 5.71. The van der Waals surface area contributed by atoms with Crippen molar-refractivity contribution in [1.82, 2.24) is 25.1 Å². The Labute approximate surface area is 183 Å².